The van der Waals surface area contributed by atoms with Crippen LogP contribution in [0.2, 0.25) is 0 Å². The Kier molecular flexibility index (Phi) is 6.59. The molecule has 1 unspecified atom stereocenters. The molecule has 1 aromatic carbocycles. The first-order chi connectivity index (χ1) is 14.8. The van der Waals surface area contributed by atoms with Crippen molar-refractivity contribution in [3.63, 3.8) is 0 Å². The predicted octanol–water partition coefficient (Wildman–Crippen LogP) is 4.09. The average Bonchev–Trinajstić information content (AvgIpc) is 2.80. The van der Waals surface area contributed by atoms with E-state index in [1.54, 1.807) is 24.8 Å². The van der Waals surface area contributed by atoms with Crippen molar-refractivity contribution < 1.29 is 4.79 Å². The lowest BCUT2D eigenvalue weighted by Gasteiger charge is -2.35. The first-order valence-electron chi connectivity index (χ1n) is 10.5. The number of hydrogen-bond donors (Lipinski definition) is 1. The van der Waals surface area contributed by atoms with E-state index >= 15 is 0 Å². The Morgan fingerprint density at radius 2 is 1.97 bits per heavy atom. The third kappa shape index (κ3) is 5.17. The maximum Gasteiger partial charge on any atom is 0.228 e. The lowest BCUT2D eigenvalue weighted by atomic mass is 9.98. The number of piperidine rings is 1. The zero-order valence-electron chi connectivity index (χ0n) is 16.9. The van der Waals surface area contributed by atoms with Crippen LogP contribution >= 0.6 is 0 Å². The van der Waals surface area contributed by atoms with Gasteiger partial charge >= 0.3 is 0 Å². The number of rotatable bonds is 7. The van der Waals surface area contributed by atoms with Crippen LogP contribution in [-0.2, 0) is 11.2 Å². The summed E-state index contributed by atoms with van der Waals surface area (Å²) in [5.74, 6) is 1.26. The first kappa shape index (κ1) is 19.9. The quantitative estimate of drug-likeness (QED) is 0.641. The van der Waals surface area contributed by atoms with Crippen molar-refractivity contribution in [3.05, 3.63) is 72.4 Å². The van der Waals surface area contributed by atoms with Crippen molar-refractivity contribution in [3.8, 4) is 0 Å². The summed E-state index contributed by atoms with van der Waals surface area (Å²) in [6.45, 7) is 0.783. The summed E-state index contributed by atoms with van der Waals surface area (Å²) in [7, 11) is 0. The van der Waals surface area contributed by atoms with Crippen LogP contribution in [0.5, 0.6) is 0 Å². The molecule has 1 atom stereocenters. The minimum Gasteiger partial charge on any atom is -0.334 e. The molecule has 7 heteroatoms. The van der Waals surface area contributed by atoms with Gasteiger partial charge in [0.15, 0.2) is 5.82 Å². The molecule has 4 rings (SSSR count). The Morgan fingerprint density at radius 1 is 1.07 bits per heavy atom. The van der Waals surface area contributed by atoms with E-state index in [0.717, 1.165) is 44.3 Å². The third-order valence-electron chi connectivity index (χ3n) is 5.34. The average molecular weight is 403 g/mol. The third-order valence-corrected chi connectivity index (χ3v) is 5.34. The Hall–Kier alpha value is -3.35. The molecular weight excluding hydrogens is 376 g/mol. The van der Waals surface area contributed by atoms with Crippen LogP contribution in [-0.4, -0.2) is 37.3 Å². The standard InChI is InChI=1S/C23H26N6O/c30-22(11-6-9-18-7-2-1-3-8-18)29-16-5-4-10-20(29)19-12-13-26-23(27-19)28-21-17-24-14-15-25-21/h1-3,7-8,12-15,17,20H,4-6,9-11,16H2,(H,25,26,27,28). The van der Waals surface area contributed by atoms with Gasteiger partial charge in [0.1, 0.15) is 0 Å². The Balaban J connectivity index is 1.41. The van der Waals surface area contributed by atoms with Crippen LogP contribution in [0.4, 0.5) is 11.8 Å². The fourth-order valence-electron chi connectivity index (χ4n) is 3.87. The molecule has 3 heterocycles. The molecule has 1 aliphatic heterocycles. The van der Waals surface area contributed by atoms with Gasteiger partial charge in [0.25, 0.3) is 0 Å². The van der Waals surface area contributed by atoms with Gasteiger partial charge in [-0.25, -0.2) is 15.0 Å². The predicted molar refractivity (Wildman–Crippen MR) is 115 cm³/mol. The Morgan fingerprint density at radius 3 is 2.80 bits per heavy atom. The monoisotopic (exact) mass is 402 g/mol. The molecule has 0 aliphatic carbocycles. The minimum absolute atomic E-state index is 0.00613. The SMILES string of the molecule is O=C(CCCc1ccccc1)N1CCCCC1c1ccnc(Nc2cnccn2)n1. The van der Waals surface area contributed by atoms with E-state index in [1.807, 2.05) is 29.2 Å². The molecule has 0 saturated carbocycles. The van der Waals surface area contributed by atoms with Gasteiger partial charge in [-0.15, -0.1) is 0 Å². The van der Waals surface area contributed by atoms with Crippen LogP contribution in [0.15, 0.2) is 61.2 Å². The fraction of sp³-hybridized carbons (Fsp3) is 0.348. The van der Waals surface area contributed by atoms with E-state index in [1.165, 1.54) is 5.56 Å². The number of hydrogen-bond acceptors (Lipinski definition) is 6. The number of carbonyl (C=O) groups excluding carboxylic acids is 1. The number of nitrogens with zero attached hydrogens (tertiary/aromatic N) is 5. The van der Waals surface area contributed by atoms with Gasteiger partial charge in [0.05, 0.1) is 17.9 Å². The summed E-state index contributed by atoms with van der Waals surface area (Å²) in [6.07, 6.45) is 12.0. The molecule has 3 aromatic rings. The van der Waals surface area contributed by atoms with Crippen molar-refractivity contribution in [1.29, 1.82) is 0 Å². The molecule has 1 saturated heterocycles. The van der Waals surface area contributed by atoms with Crippen molar-refractivity contribution in [2.24, 2.45) is 0 Å². The summed E-state index contributed by atoms with van der Waals surface area (Å²) in [6, 6.07) is 12.2. The summed E-state index contributed by atoms with van der Waals surface area (Å²) < 4.78 is 0. The van der Waals surface area contributed by atoms with Crippen LogP contribution in [0.25, 0.3) is 0 Å². The molecule has 1 fully saturated rings. The molecule has 0 spiro atoms. The smallest absolute Gasteiger partial charge is 0.228 e. The summed E-state index contributed by atoms with van der Waals surface area (Å²) >= 11 is 0. The highest BCUT2D eigenvalue weighted by Gasteiger charge is 2.28. The minimum atomic E-state index is -0.00613. The molecule has 1 N–H and O–H groups in total. The number of aromatic nitrogens is 4. The highest BCUT2D eigenvalue weighted by Crippen LogP contribution is 2.31. The molecule has 0 bridgehead atoms. The van der Waals surface area contributed by atoms with Crippen LogP contribution in [0, 0.1) is 0 Å². The zero-order chi connectivity index (χ0) is 20.6. The van der Waals surface area contributed by atoms with Gasteiger partial charge < -0.3 is 10.2 Å². The number of carbonyl (C=O) groups is 1. The second-order valence-electron chi connectivity index (χ2n) is 7.46. The maximum absolute atomic E-state index is 13.0. The Labute approximate surface area is 176 Å². The largest absolute Gasteiger partial charge is 0.334 e. The summed E-state index contributed by atoms with van der Waals surface area (Å²) in [5.41, 5.74) is 2.14. The van der Waals surface area contributed by atoms with Gasteiger partial charge in [0.2, 0.25) is 11.9 Å². The second-order valence-corrected chi connectivity index (χ2v) is 7.46. The molecule has 1 aliphatic rings. The molecule has 30 heavy (non-hydrogen) atoms. The van der Waals surface area contributed by atoms with Crippen molar-refractivity contribution in [2.75, 3.05) is 11.9 Å². The number of anilines is 2. The summed E-state index contributed by atoms with van der Waals surface area (Å²) in [4.78, 5) is 32.2. The van der Waals surface area contributed by atoms with Crippen LogP contribution in [0.1, 0.15) is 49.4 Å². The molecular formula is C23H26N6O. The number of nitrogens with one attached hydrogen (secondary N) is 1. The lowest BCUT2D eigenvalue weighted by molar-refractivity contribution is -0.135. The van der Waals surface area contributed by atoms with Crippen molar-refractivity contribution in [2.45, 2.75) is 44.6 Å². The molecule has 1 amide bonds. The highest BCUT2D eigenvalue weighted by atomic mass is 16.2. The number of likely N-dealkylation sites (tertiary alicyclic amines) is 1. The van der Waals surface area contributed by atoms with E-state index in [0.29, 0.717) is 18.2 Å². The summed E-state index contributed by atoms with van der Waals surface area (Å²) in [5, 5.41) is 3.08. The van der Waals surface area contributed by atoms with Crippen molar-refractivity contribution in [1.82, 2.24) is 24.8 Å². The van der Waals surface area contributed by atoms with E-state index in [2.05, 4.69) is 37.4 Å². The van der Waals surface area contributed by atoms with Gasteiger partial charge in [-0.1, -0.05) is 30.3 Å². The zero-order valence-corrected chi connectivity index (χ0v) is 16.9. The van der Waals surface area contributed by atoms with Crippen molar-refractivity contribution >= 4 is 17.7 Å². The van der Waals surface area contributed by atoms with Gasteiger partial charge in [-0.05, 0) is 43.7 Å². The number of amides is 1. The number of benzene rings is 1. The van der Waals surface area contributed by atoms with Gasteiger partial charge in [-0.2, -0.15) is 0 Å². The second kappa shape index (κ2) is 9.91. The molecule has 7 nitrogen and oxygen atoms in total. The normalized spacial score (nSPS) is 16.3. The highest BCUT2D eigenvalue weighted by molar-refractivity contribution is 5.76. The Bertz CT molecular complexity index is 950. The first-order valence-corrected chi connectivity index (χ1v) is 10.5. The van der Waals surface area contributed by atoms with Gasteiger partial charge in [0, 0.05) is 31.6 Å². The van der Waals surface area contributed by atoms with Crippen LogP contribution < -0.4 is 5.32 Å². The molecule has 2 aromatic heterocycles. The van der Waals surface area contributed by atoms with Crippen LogP contribution in [0.3, 0.4) is 0 Å². The molecule has 154 valence electrons. The fourth-order valence-corrected chi connectivity index (χ4v) is 3.87. The maximum atomic E-state index is 13.0. The van der Waals surface area contributed by atoms with E-state index in [4.69, 9.17) is 0 Å². The topological polar surface area (TPSA) is 83.9 Å². The molecule has 0 radical (unpaired) electrons. The van der Waals surface area contributed by atoms with Gasteiger partial charge in [-0.3, -0.25) is 9.78 Å². The lowest BCUT2D eigenvalue weighted by Crippen LogP contribution is -2.38. The van der Waals surface area contributed by atoms with E-state index in [-0.39, 0.29) is 11.9 Å². The van der Waals surface area contributed by atoms with E-state index in [9.17, 15) is 4.79 Å². The number of aryl methyl sites for hydroxylation is 1. The van der Waals surface area contributed by atoms with E-state index < -0.39 is 0 Å².